The minimum Gasteiger partial charge on any atom is -0.455 e. The first-order valence-corrected chi connectivity index (χ1v) is 12.1. The lowest BCUT2D eigenvalue weighted by molar-refractivity contribution is -0.151. The normalized spacial score (nSPS) is 16.7. The van der Waals surface area contributed by atoms with Gasteiger partial charge in [0.2, 0.25) is 5.91 Å². The van der Waals surface area contributed by atoms with Crippen molar-refractivity contribution in [2.24, 2.45) is 5.92 Å². The van der Waals surface area contributed by atoms with Crippen molar-refractivity contribution in [3.8, 4) is 0 Å². The van der Waals surface area contributed by atoms with Gasteiger partial charge in [0.25, 0.3) is 5.91 Å². The molecule has 172 valence electrons. The van der Waals surface area contributed by atoms with Crippen LogP contribution in [0.5, 0.6) is 0 Å². The Morgan fingerprint density at radius 1 is 0.882 bits per heavy atom. The van der Waals surface area contributed by atoms with Gasteiger partial charge in [-0.05, 0) is 36.2 Å². The monoisotopic (exact) mass is 472 g/mol. The van der Waals surface area contributed by atoms with E-state index in [1.807, 2.05) is 78.9 Å². The van der Waals surface area contributed by atoms with Gasteiger partial charge >= 0.3 is 5.97 Å². The molecule has 0 saturated carbocycles. The number of hydrogen-bond donors (Lipinski definition) is 0. The van der Waals surface area contributed by atoms with Crippen LogP contribution in [0.1, 0.15) is 12.0 Å². The molecule has 0 unspecified atom stereocenters. The topological polar surface area (TPSA) is 66.9 Å². The van der Waals surface area contributed by atoms with Gasteiger partial charge in [-0.2, -0.15) is 0 Å². The Kier molecular flexibility index (Phi) is 6.36. The molecule has 1 atom stereocenters. The molecule has 0 N–H and O–H groups in total. The zero-order chi connectivity index (χ0) is 23.5. The van der Waals surface area contributed by atoms with Crippen LogP contribution in [0.15, 0.2) is 88.7 Å². The maximum atomic E-state index is 13.2. The number of anilines is 2. The molecule has 2 aliphatic rings. The van der Waals surface area contributed by atoms with E-state index in [-0.39, 0.29) is 24.8 Å². The fraction of sp³-hybridized carbons (Fsp3) is 0.222. The molecule has 5 rings (SSSR count). The number of nitrogens with zero attached hydrogens (tertiary/aromatic N) is 2. The third kappa shape index (κ3) is 4.56. The summed E-state index contributed by atoms with van der Waals surface area (Å²) in [6.07, 6.45) is 0.854. The van der Waals surface area contributed by atoms with Crippen LogP contribution in [0.2, 0.25) is 0 Å². The Bertz CT molecular complexity index is 1180. The van der Waals surface area contributed by atoms with Gasteiger partial charge in [0, 0.05) is 29.3 Å². The van der Waals surface area contributed by atoms with Gasteiger partial charge in [-0.1, -0.05) is 66.4 Å². The van der Waals surface area contributed by atoms with Crippen molar-refractivity contribution in [1.82, 2.24) is 4.90 Å². The van der Waals surface area contributed by atoms with Crippen molar-refractivity contribution >= 4 is 40.9 Å². The fourth-order valence-corrected chi connectivity index (χ4v) is 5.40. The molecule has 0 radical (unpaired) electrons. The molecule has 0 bridgehead atoms. The molecule has 1 saturated heterocycles. The third-order valence-corrected chi connectivity index (χ3v) is 7.21. The van der Waals surface area contributed by atoms with Crippen molar-refractivity contribution in [1.29, 1.82) is 0 Å². The molecule has 2 amide bonds. The summed E-state index contributed by atoms with van der Waals surface area (Å²) < 4.78 is 5.41. The predicted molar refractivity (Wildman–Crippen MR) is 130 cm³/mol. The first-order valence-electron chi connectivity index (χ1n) is 11.3. The second-order valence-electron chi connectivity index (χ2n) is 8.35. The maximum Gasteiger partial charge on any atom is 0.311 e. The van der Waals surface area contributed by atoms with Crippen LogP contribution in [-0.4, -0.2) is 42.4 Å². The highest BCUT2D eigenvalue weighted by atomic mass is 32.2. The van der Waals surface area contributed by atoms with Crippen molar-refractivity contribution < 1.29 is 19.1 Å². The van der Waals surface area contributed by atoms with E-state index >= 15 is 0 Å². The molecule has 0 aliphatic carbocycles. The van der Waals surface area contributed by atoms with Gasteiger partial charge in [-0.3, -0.25) is 19.3 Å². The van der Waals surface area contributed by atoms with Crippen molar-refractivity contribution in [3.63, 3.8) is 0 Å². The molecule has 3 aromatic carbocycles. The van der Waals surface area contributed by atoms with Gasteiger partial charge in [-0.15, -0.1) is 0 Å². The Morgan fingerprint density at radius 2 is 1.50 bits per heavy atom. The fourth-order valence-electron chi connectivity index (χ4n) is 4.34. The number of esters is 1. The average Bonchev–Trinajstić information content (AvgIpc) is 3.25. The zero-order valence-corrected chi connectivity index (χ0v) is 19.4. The lowest BCUT2D eigenvalue weighted by atomic mass is 10.1. The molecule has 7 heteroatoms. The lowest BCUT2D eigenvalue weighted by Gasteiger charge is -2.30. The van der Waals surface area contributed by atoms with Gasteiger partial charge in [-0.25, -0.2) is 0 Å². The summed E-state index contributed by atoms with van der Waals surface area (Å²) >= 11 is 1.61. The van der Waals surface area contributed by atoms with E-state index in [9.17, 15) is 14.4 Å². The summed E-state index contributed by atoms with van der Waals surface area (Å²) in [5.74, 6) is -1.43. The van der Waals surface area contributed by atoms with E-state index < -0.39 is 11.9 Å². The number of carbonyl (C=O) groups is 3. The molecule has 6 nitrogen and oxygen atoms in total. The Hall–Kier alpha value is -3.58. The van der Waals surface area contributed by atoms with Crippen LogP contribution in [0, 0.1) is 5.92 Å². The lowest BCUT2D eigenvalue weighted by Crippen LogP contribution is -2.34. The number of hydrogen-bond acceptors (Lipinski definition) is 5. The maximum absolute atomic E-state index is 13.2. The van der Waals surface area contributed by atoms with Gasteiger partial charge in [0.15, 0.2) is 6.61 Å². The van der Waals surface area contributed by atoms with E-state index in [0.29, 0.717) is 13.1 Å². The van der Waals surface area contributed by atoms with Gasteiger partial charge in [0.1, 0.15) is 0 Å². The summed E-state index contributed by atoms with van der Waals surface area (Å²) in [7, 11) is 0. The molecule has 1 fully saturated rings. The van der Waals surface area contributed by atoms with E-state index in [4.69, 9.17) is 4.74 Å². The Labute approximate surface area is 202 Å². The zero-order valence-electron chi connectivity index (χ0n) is 18.6. The second-order valence-corrected chi connectivity index (χ2v) is 9.43. The van der Waals surface area contributed by atoms with Crippen molar-refractivity contribution in [3.05, 3.63) is 84.4 Å². The molecule has 2 heterocycles. The highest BCUT2D eigenvalue weighted by molar-refractivity contribution is 7.99. The largest absolute Gasteiger partial charge is 0.455 e. The Balaban J connectivity index is 1.21. The van der Waals surface area contributed by atoms with Crippen molar-refractivity contribution in [2.75, 3.05) is 24.6 Å². The summed E-state index contributed by atoms with van der Waals surface area (Å²) in [6.45, 7) is 0.510. The summed E-state index contributed by atoms with van der Waals surface area (Å²) in [5, 5.41) is 0. The highest BCUT2D eigenvalue weighted by Gasteiger charge is 2.36. The molecule has 0 aromatic heterocycles. The number of rotatable bonds is 6. The van der Waals surface area contributed by atoms with Crippen LogP contribution in [0.3, 0.4) is 0 Å². The summed E-state index contributed by atoms with van der Waals surface area (Å²) in [4.78, 5) is 43.6. The van der Waals surface area contributed by atoms with Crippen LogP contribution in [-0.2, 0) is 25.5 Å². The van der Waals surface area contributed by atoms with Gasteiger partial charge < -0.3 is 9.64 Å². The number of para-hydroxylation sites is 2. The number of amides is 2. The number of likely N-dealkylation sites (tertiary alicyclic amines) is 1. The van der Waals surface area contributed by atoms with Crippen LogP contribution in [0.4, 0.5) is 11.4 Å². The van der Waals surface area contributed by atoms with Crippen LogP contribution < -0.4 is 4.90 Å². The smallest absolute Gasteiger partial charge is 0.311 e. The molecule has 3 aromatic rings. The quantitative estimate of drug-likeness (QED) is 0.496. The van der Waals surface area contributed by atoms with E-state index in [1.54, 1.807) is 21.6 Å². The van der Waals surface area contributed by atoms with Gasteiger partial charge in [0.05, 0.1) is 17.3 Å². The SMILES string of the molecule is O=C(OCC(=O)N1c2ccccc2Sc2ccccc21)[C@H]1CC(=O)N(CCc2ccccc2)C1. The van der Waals surface area contributed by atoms with E-state index in [0.717, 1.165) is 33.2 Å². The molecule has 34 heavy (non-hydrogen) atoms. The number of fused-ring (bicyclic) bond motifs is 2. The standard InChI is InChI=1S/C27H24N2O4S/c30-25-16-20(17-28(25)15-14-19-8-2-1-3-9-19)27(32)33-18-26(31)29-21-10-4-6-12-23(21)34-24-13-7-5-11-22(24)29/h1-13,20H,14-18H2/t20-/m0/s1. The molecule has 2 aliphatic heterocycles. The number of benzene rings is 3. The van der Waals surface area contributed by atoms with Crippen LogP contribution >= 0.6 is 11.8 Å². The Morgan fingerprint density at radius 3 is 2.18 bits per heavy atom. The predicted octanol–water partition coefficient (Wildman–Crippen LogP) is 4.45. The second kappa shape index (κ2) is 9.73. The molecular weight excluding hydrogens is 448 g/mol. The van der Waals surface area contributed by atoms with E-state index in [2.05, 4.69) is 0 Å². The van der Waals surface area contributed by atoms with E-state index in [1.165, 1.54) is 0 Å². The third-order valence-electron chi connectivity index (χ3n) is 6.08. The number of carbonyl (C=O) groups excluding carboxylic acids is 3. The average molecular weight is 473 g/mol. The minimum absolute atomic E-state index is 0.0554. The first kappa shape index (κ1) is 22.2. The van der Waals surface area contributed by atoms with Crippen molar-refractivity contribution in [2.45, 2.75) is 22.6 Å². The highest BCUT2D eigenvalue weighted by Crippen LogP contribution is 2.47. The first-order chi connectivity index (χ1) is 16.6. The minimum atomic E-state index is -0.549. The molecular formula is C27H24N2O4S. The van der Waals surface area contributed by atoms with Crippen LogP contribution in [0.25, 0.3) is 0 Å². The summed E-state index contributed by atoms with van der Waals surface area (Å²) in [5.41, 5.74) is 2.69. The number of ether oxygens (including phenoxy) is 1. The summed E-state index contributed by atoms with van der Waals surface area (Å²) in [6, 6.07) is 25.3. The molecule has 0 spiro atoms.